The fourth-order valence-corrected chi connectivity index (χ4v) is 4.02. The predicted octanol–water partition coefficient (Wildman–Crippen LogP) is 1.48. The molecule has 2 heterocycles. The lowest BCUT2D eigenvalue weighted by Crippen LogP contribution is -2.34. The molecule has 0 bridgehead atoms. The van der Waals surface area contributed by atoms with Crippen LogP contribution in [0.1, 0.15) is 29.8 Å². The number of aromatic amines is 1. The van der Waals surface area contributed by atoms with Gasteiger partial charge in [0.1, 0.15) is 0 Å². The average molecular weight is 360 g/mol. The molecule has 8 heteroatoms. The molecule has 1 N–H and O–H groups in total. The highest BCUT2D eigenvalue weighted by atomic mass is 32.1. The molecule has 0 spiro atoms. The molecular formula is C17H20N4O3S. The van der Waals surface area contributed by atoms with Gasteiger partial charge in [-0.05, 0) is 25.7 Å². The molecule has 0 aromatic carbocycles. The summed E-state index contributed by atoms with van der Waals surface area (Å²) in [4.78, 5) is 43.2. The van der Waals surface area contributed by atoms with E-state index in [1.807, 2.05) is 0 Å². The van der Waals surface area contributed by atoms with Crippen molar-refractivity contribution in [1.82, 2.24) is 14.8 Å². The minimum atomic E-state index is -0.373. The highest BCUT2D eigenvalue weighted by Crippen LogP contribution is 2.32. The van der Waals surface area contributed by atoms with E-state index in [0.717, 1.165) is 36.1 Å². The van der Waals surface area contributed by atoms with Crippen molar-refractivity contribution >= 4 is 22.4 Å². The first-order valence-electron chi connectivity index (χ1n) is 8.28. The van der Waals surface area contributed by atoms with Gasteiger partial charge in [-0.3, -0.25) is 24.4 Å². The Kier molecular flexibility index (Phi) is 5.28. The van der Waals surface area contributed by atoms with Gasteiger partial charge < -0.3 is 0 Å². The number of aromatic nitrogens is 3. The average Bonchev–Trinajstić information content (AvgIpc) is 3.03. The normalized spacial score (nSPS) is 13.3. The second-order valence-corrected chi connectivity index (χ2v) is 6.98. The zero-order chi connectivity index (χ0) is 17.8. The van der Waals surface area contributed by atoms with Crippen LogP contribution in [0.3, 0.4) is 0 Å². The summed E-state index contributed by atoms with van der Waals surface area (Å²) in [6.07, 6.45) is 6.03. The van der Waals surface area contributed by atoms with Crippen LogP contribution >= 0.6 is 11.3 Å². The molecule has 0 fully saturated rings. The third-order valence-electron chi connectivity index (χ3n) is 4.12. The number of nitrogens with one attached hydrogen (secondary N) is 1. The molecule has 0 saturated heterocycles. The van der Waals surface area contributed by atoms with Crippen LogP contribution in [-0.2, 0) is 24.2 Å². The maximum absolute atomic E-state index is 12.7. The van der Waals surface area contributed by atoms with Gasteiger partial charge in [0.2, 0.25) is 5.91 Å². The number of fused-ring (bicyclic) bond motifs is 1. The van der Waals surface area contributed by atoms with Crippen molar-refractivity contribution in [1.29, 1.82) is 0 Å². The Bertz CT molecular complexity index is 872. The van der Waals surface area contributed by atoms with Crippen LogP contribution < -0.4 is 16.0 Å². The van der Waals surface area contributed by atoms with Gasteiger partial charge in [-0.25, -0.2) is 9.67 Å². The third kappa shape index (κ3) is 3.96. The van der Waals surface area contributed by atoms with E-state index in [1.54, 1.807) is 22.3 Å². The Morgan fingerprint density at radius 1 is 1.36 bits per heavy atom. The zero-order valence-electron chi connectivity index (χ0n) is 13.9. The second kappa shape index (κ2) is 7.60. The number of hydrogen-bond acceptors (Lipinski definition) is 5. The largest absolute Gasteiger partial charge is 0.284 e. The Balaban J connectivity index is 1.75. The predicted molar refractivity (Wildman–Crippen MR) is 97.2 cm³/mol. The third-order valence-corrected chi connectivity index (χ3v) is 5.30. The number of nitrogens with zero attached hydrogens (tertiary/aromatic N) is 3. The molecule has 0 radical (unpaired) electrons. The molecule has 1 aliphatic rings. The van der Waals surface area contributed by atoms with Crippen LogP contribution in [0.4, 0.5) is 5.13 Å². The van der Waals surface area contributed by atoms with Gasteiger partial charge in [-0.1, -0.05) is 6.08 Å². The zero-order valence-corrected chi connectivity index (χ0v) is 14.7. The number of rotatable bonds is 6. The molecule has 3 rings (SSSR count). The van der Waals surface area contributed by atoms with E-state index in [9.17, 15) is 14.4 Å². The van der Waals surface area contributed by atoms with E-state index >= 15 is 0 Å². The maximum Gasteiger partial charge on any atom is 0.265 e. The maximum atomic E-state index is 12.7. The van der Waals surface area contributed by atoms with Crippen molar-refractivity contribution in [3.63, 3.8) is 0 Å². The lowest BCUT2D eigenvalue weighted by molar-refractivity contribution is -0.118. The first-order chi connectivity index (χ1) is 12.1. The van der Waals surface area contributed by atoms with E-state index in [1.165, 1.54) is 17.0 Å². The van der Waals surface area contributed by atoms with Crippen molar-refractivity contribution < 1.29 is 4.79 Å². The fraction of sp³-hybridized carbons (Fsp3) is 0.412. The summed E-state index contributed by atoms with van der Waals surface area (Å²) in [5.74, 6) is -0.150. The highest BCUT2D eigenvalue weighted by molar-refractivity contribution is 7.16. The van der Waals surface area contributed by atoms with Crippen molar-refractivity contribution in [3.8, 4) is 0 Å². The molecule has 0 unspecified atom stereocenters. The smallest absolute Gasteiger partial charge is 0.265 e. The number of amides is 1. The molecule has 1 amide bonds. The Labute approximate surface area is 148 Å². The number of carbonyl (C=O) groups excluding carboxylic acids is 1. The molecule has 25 heavy (non-hydrogen) atoms. The van der Waals surface area contributed by atoms with Crippen LogP contribution in [0, 0.1) is 0 Å². The molecule has 2 aromatic heterocycles. The summed E-state index contributed by atoms with van der Waals surface area (Å²) in [6, 6.07) is 2.37. The van der Waals surface area contributed by atoms with Crippen molar-refractivity contribution in [2.45, 2.75) is 38.6 Å². The van der Waals surface area contributed by atoms with E-state index < -0.39 is 0 Å². The SMILES string of the molecule is C=CCN(C(=O)CCn1[nH]c(=O)ccc1=O)c1nc2c(s1)CCCC2. The summed E-state index contributed by atoms with van der Waals surface area (Å²) < 4.78 is 1.15. The molecule has 132 valence electrons. The Morgan fingerprint density at radius 3 is 2.92 bits per heavy atom. The van der Waals surface area contributed by atoms with E-state index in [0.29, 0.717) is 11.7 Å². The minimum absolute atomic E-state index is 0.0952. The van der Waals surface area contributed by atoms with Crippen LogP contribution in [-0.4, -0.2) is 27.2 Å². The Hall–Kier alpha value is -2.48. The number of hydrogen-bond donors (Lipinski definition) is 1. The minimum Gasteiger partial charge on any atom is -0.284 e. The first kappa shape index (κ1) is 17.3. The fourth-order valence-electron chi connectivity index (χ4n) is 2.84. The van der Waals surface area contributed by atoms with E-state index in [4.69, 9.17) is 0 Å². The molecule has 0 atom stereocenters. The molecule has 2 aromatic rings. The lowest BCUT2D eigenvalue weighted by Gasteiger charge is -2.18. The Morgan fingerprint density at radius 2 is 2.16 bits per heavy atom. The van der Waals surface area contributed by atoms with Gasteiger partial charge in [-0.15, -0.1) is 17.9 Å². The van der Waals surface area contributed by atoms with E-state index in [2.05, 4.69) is 16.7 Å². The van der Waals surface area contributed by atoms with Crippen LogP contribution in [0.5, 0.6) is 0 Å². The van der Waals surface area contributed by atoms with Crippen LogP contribution in [0.25, 0.3) is 0 Å². The van der Waals surface area contributed by atoms with Gasteiger partial charge in [-0.2, -0.15) is 0 Å². The summed E-state index contributed by atoms with van der Waals surface area (Å²) in [5, 5.41) is 3.11. The molecule has 1 aliphatic carbocycles. The second-order valence-electron chi connectivity index (χ2n) is 5.92. The van der Waals surface area contributed by atoms with Gasteiger partial charge >= 0.3 is 0 Å². The number of anilines is 1. The highest BCUT2D eigenvalue weighted by Gasteiger charge is 2.22. The molecule has 7 nitrogen and oxygen atoms in total. The summed E-state index contributed by atoms with van der Waals surface area (Å²) in [5.41, 5.74) is 0.381. The summed E-state index contributed by atoms with van der Waals surface area (Å²) in [6.45, 7) is 4.20. The topological polar surface area (TPSA) is 88.1 Å². The van der Waals surface area contributed by atoms with Gasteiger partial charge in [0.25, 0.3) is 11.1 Å². The van der Waals surface area contributed by atoms with Gasteiger partial charge in [0, 0.05) is 30.0 Å². The van der Waals surface area contributed by atoms with Crippen LogP contribution in [0.2, 0.25) is 0 Å². The van der Waals surface area contributed by atoms with E-state index in [-0.39, 0.29) is 30.0 Å². The first-order valence-corrected chi connectivity index (χ1v) is 9.10. The number of carbonyl (C=O) groups is 1. The van der Waals surface area contributed by atoms with Crippen molar-refractivity contribution in [3.05, 3.63) is 56.1 Å². The lowest BCUT2D eigenvalue weighted by atomic mass is 10.0. The number of aryl methyl sites for hydroxylation is 3. The standard InChI is InChI=1S/C17H20N4O3S/c1-2-10-20(17-18-12-5-3-4-6-13(12)25-17)15(23)9-11-21-16(24)8-7-14(22)19-21/h2,7-8H,1,3-6,9-11H2,(H,19,22). The number of thiazole rings is 1. The summed E-state index contributed by atoms with van der Waals surface area (Å²) in [7, 11) is 0. The molecule has 0 aliphatic heterocycles. The van der Waals surface area contributed by atoms with Crippen LogP contribution in [0.15, 0.2) is 34.4 Å². The van der Waals surface area contributed by atoms with Gasteiger partial charge in [0.15, 0.2) is 5.13 Å². The molecule has 0 saturated carbocycles. The van der Waals surface area contributed by atoms with Crippen molar-refractivity contribution in [2.75, 3.05) is 11.4 Å². The quantitative estimate of drug-likeness (QED) is 0.791. The van der Waals surface area contributed by atoms with Crippen molar-refractivity contribution in [2.24, 2.45) is 0 Å². The number of H-pyrrole nitrogens is 1. The summed E-state index contributed by atoms with van der Waals surface area (Å²) >= 11 is 1.56. The monoisotopic (exact) mass is 360 g/mol. The van der Waals surface area contributed by atoms with Gasteiger partial charge in [0.05, 0.1) is 12.2 Å². The molecular weight excluding hydrogens is 340 g/mol.